The van der Waals surface area contributed by atoms with E-state index in [9.17, 15) is 26.3 Å². The second-order valence-corrected chi connectivity index (χ2v) is 19.5. The molecule has 2 aromatic heterocycles. The maximum Gasteiger partial charge on any atom is 0.417 e. The fourth-order valence-corrected chi connectivity index (χ4v) is 11.2. The van der Waals surface area contributed by atoms with Crippen LogP contribution in [0.5, 0.6) is 0 Å². The fraction of sp³-hybridized carbons (Fsp3) is 0.0143. The Morgan fingerprint density at radius 1 is 0.357 bits per heavy atom. The van der Waals surface area contributed by atoms with Gasteiger partial charge in [0.2, 0.25) is 0 Å². The highest BCUT2D eigenvalue weighted by atomic mass is 19.4. The number of nitrogens with zero attached hydrogens (tertiary/aromatic N) is 11. The first-order valence-electron chi connectivity index (χ1n) is 25.5. The van der Waals surface area contributed by atoms with Crippen molar-refractivity contribution in [2.24, 2.45) is 0 Å². The van der Waals surface area contributed by atoms with Gasteiger partial charge >= 0.3 is 6.18 Å². The van der Waals surface area contributed by atoms with Crippen molar-refractivity contribution in [3.05, 3.63) is 261 Å². The number of rotatable bonds is 7. The van der Waals surface area contributed by atoms with Crippen molar-refractivity contribution < 1.29 is 13.2 Å². The molecule has 0 unspecified atom stereocenters. The first kappa shape index (κ1) is 51.7. The van der Waals surface area contributed by atoms with Crippen LogP contribution in [0.4, 0.5) is 35.9 Å². The van der Waals surface area contributed by atoms with Crippen LogP contribution < -0.4 is 0 Å². The summed E-state index contributed by atoms with van der Waals surface area (Å²) in [5.41, 5.74) is 7.68. The highest BCUT2D eigenvalue weighted by Gasteiger charge is 2.37. The number of alkyl halides is 3. The van der Waals surface area contributed by atoms with Crippen molar-refractivity contribution in [3.63, 3.8) is 0 Å². The number of halogens is 3. The van der Waals surface area contributed by atoms with Crippen molar-refractivity contribution >= 4 is 66.4 Å². The van der Waals surface area contributed by atoms with E-state index in [0.29, 0.717) is 93.7 Å². The normalized spacial score (nSPS) is 10.9. The van der Waals surface area contributed by atoms with Crippen LogP contribution in [0.1, 0.15) is 33.4 Å². The van der Waals surface area contributed by atoms with Crippen LogP contribution >= 0.6 is 0 Å². The fourth-order valence-electron chi connectivity index (χ4n) is 11.2. The van der Waals surface area contributed by atoms with Gasteiger partial charge in [-0.15, -0.1) is 0 Å². The molecule has 0 aliphatic rings. The van der Waals surface area contributed by atoms with Crippen molar-refractivity contribution in [3.8, 4) is 97.4 Å². The highest BCUT2D eigenvalue weighted by Crippen LogP contribution is 2.49. The predicted octanol–water partition coefficient (Wildman–Crippen LogP) is 18.8. The Morgan fingerprint density at radius 3 is 1.14 bits per heavy atom. The minimum Gasteiger partial charge on any atom is -0.309 e. The van der Waals surface area contributed by atoms with Gasteiger partial charge in [-0.3, -0.25) is 0 Å². The summed E-state index contributed by atoms with van der Waals surface area (Å²) in [4.78, 5) is 14.5. The molecule has 0 bridgehead atoms. The summed E-state index contributed by atoms with van der Waals surface area (Å²) >= 11 is 0. The van der Waals surface area contributed by atoms with E-state index in [1.807, 2.05) is 41.0 Å². The number of hydrogen-bond acceptors (Lipinski definition) is 5. The number of aromatic nitrogens is 2. The summed E-state index contributed by atoms with van der Waals surface area (Å²) in [5, 5.41) is 53.0. The second kappa shape index (κ2) is 20.3. The van der Waals surface area contributed by atoms with Crippen LogP contribution in [0.3, 0.4) is 0 Å². The average Bonchev–Trinajstić information content (AvgIpc) is 3.20. The molecule has 0 saturated carbocycles. The molecular formula is C70H30F3N11. The Kier molecular flexibility index (Phi) is 12.5. The zero-order valence-electron chi connectivity index (χ0n) is 43.4. The highest BCUT2D eigenvalue weighted by molar-refractivity contribution is 6.14. The Hall–Kier alpha value is -13.0. The predicted molar refractivity (Wildman–Crippen MR) is 316 cm³/mol. The third kappa shape index (κ3) is 8.48. The maximum absolute atomic E-state index is 16.3. The Morgan fingerprint density at radius 2 is 0.750 bits per heavy atom. The lowest BCUT2D eigenvalue weighted by Crippen LogP contribution is -2.11. The molecule has 0 spiro atoms. The molecule has 11 nitrogen and oxygen atoms in total. The molecule has 0 saturated heterocycles. The third-order valence-electron chi connectivity index (χ3n) is 15.0. The summed E-state index contributed by atoms with van der Waals surface area (Å²) in [6.07, 6.45) is -4.98. The van der Waals surface area contributed by atoms with Crippen LogP contribution in [0.25, 0.3) is 130 Å². The van der Waals surface area contributed by atoms with Crippen molar-refractivity contribution in [2.45, 2.75) is 6.18 Å². The van der Waals surface area contributed by atoms with E-state index in [0.717, 1.165) is 6.07 Å². The van der Waals surface area contributed by atoms with Crippen LogP contribution in [0.15, 0.2) is 182 Å². The molecule has 386 valence electrons. The molecule has 12 aromatic rings. The van der Waals surface area contributed by atoms with Crippen LogP contribution in [-0.2, 0) is 6.18 Å². The van der Waals surface area contributed by atoms with E-state index in [2.05, 4.69) is 49.7 Å². The lowest BCUT2D eigenvalue weighted by molar-refractivity contribution is -0.137. The smallest absolute Gasteiger partial charge is 0.309 e. The lowest BCUT2D eigenvalue weighted by Gasteiger charge is -2.22. The van der Waals surface area contributed by atoms with E-state index in [1.165, 1.54) is 42.5 Å². The van der Waals surface area contributed by atoms with Crippen LogP contribution in [0, 0.1) is 82.9 Å². The molecule has 14 heteroatoms. The summed E-state index contributed by atoms with van der Waals surface area (Å²) < 4.78 is 52.3. The van der Waals surface area contributed by atoms with Gasteiger partial charge in [-0.1, -0.05) is 66.7 Å². The quantitative estimate of drug-likeness (QED) is 0.146. The standard InChI is InChI=1S/C70H30F3N11/c1-79-49-15-19-51(47(29-49)38-77)43-11-22-63-55(31-43)57-33-45(53-17-8-41(36-75)27-61(53)81-3)13-24-64(57)83(63)67-21-10-40(35-74)26-59(67)69-60(70(71,72)73)6-5-7-68(69)84-65-23-12-44(52-20-16-50(80-2)30-48(52)39-78)32-56(65)58-34-46(14-25-66(58)84)54-18-9-42(37-76)28-62(54)82-4/h5-34H. The lowest BCUT2D eigenvalue weighted by atomic mass is 9.93. The van der Waals surface area contributed by atoms with Gasteiger partial charge in [0.15, 0.2) is 22.7 Å². The zero-order chi connectivity index (χ0) is 58.6. The van der Waals surface area contributed by atoms with Gasteiger partial charge in [-0.2, -0.15) is 39.5 Å². The maximum atomic E-state index is 16.3. The molecule has 0 atom stereocenters. The van der Waals surface area contributed by atoms with Crippen molar-refractivity contribution in [1.82, 2.24) is 9.13 Å². The first-order valence-corrected chi connectivity index (χ1v) is 25.5. The molecule has 10 aromatic carbocycles. The minimum atomic E-state index is -4.98. The van der Waals surface area contributed by atoms with E-state index in [4.69, 9.17) is 26.3 Å². The summed E-state index contributed by atoms with van der Waals surface area (Å²) in [6.45, 7) is 31.2. The van der Waals surface area contributed by atoms with Gasteiger partial charge < -0.3 is 9.13 Å². The summed E-state index contributed by atoms with van der Waals surface area (Å²) in [7, 11) is 0. The second-order valence-electron chi connectivity index (χ2n) is 19.5. The van der Waals surface area contributed by atoms with Gasteiger partial charge in [-0.05, 0) is 160 Å². The molecule has 0 fully saturated rings. The van der Waals surface area contributed by atoms with E-state index in [1.54, 1.807) is 102 Å². The Bertz CT molecular complexity index is 5060. The number of hydrogen-bond donors (Lipinski definition) is 0. The molecule has 84 heavy (non-hydrogen) atoms. The van der Waals surface area contributed by atoms with E-state index < -0.39 is 11.7 Å². The molecule has 2 heterocycles. The van der Waals surface area contributed by atoms with Crippen molar-refractivity contribution in [1.29, 1.82) is 26.3 Å². The largest absolute Gasteiger partial charge is 0.417 e. The zero-order valence-corrected chi connectivity index (χ0v) is 43.4. The summed E-state index contributed by atoms with van der Waals surface area (Å²) in [5.74, 6) is 0. The van der Waals surface area contributed by atoms with Crippen LogP contribution in [0.2, 0.25) is 0 Å². The molecule has 12 rings (SSSR count). The number of fused-ring (bicyclic) bond motifs is 6. The molecule has 0 radical (unpaired) electrons. The van der Waals surface area contributed by atoms with E-state index >= 15 is 13.2 Å². The number of benzene rings is 10. The molecule has 0 aliphatic carbocycles. The average molecular weight is 1080 g/mol. The molecule has 0 amide bonds. The van der Waals surface area contributed by atoms with Gasteiger partial charge in [0.1, 0.15) is 0 Å². The monoisotopic (exact) mass is 1080 g/mol. The Labute approximate surface area is 477 Å². The van der Waals surface area contributed by atoms with Crippen LogP contribution in [-0.4, -0.2) is 9.13 Å². The van der Waals surface area contributed by atoms with Gasteiger partial charge in [0, 0.05) is 54.9 Å². The van der Waals surface area contributed by atoms with Gasteiger partial charge in [0.05, 0.1) is 101 Å². The van der Waals surface area contributed by atoms with E-state index in [-0.39, 0.29) is 67.5 Å². The molecule has 0 aliphatic heterocycles. The first-order chi connectivity index (χ1) is 40.8. The molecular weight excluding hydrogens is 1050 g/mol. The van der Waals surface area contributed by atoms with Crippen molar-refractivity contribution in [2.75, 3.05) is 0 Å². The number of nitriles is 5. The Balaban J connectivity index is 1.17. The SMILES string of the molecule is [C-]#[N+]c1ccc(-c2ccc3c(c2)c2cc(-c4ccc(C#N)cc4[N+]#[C-])ccc2n3-c2ccc(C#N)cc2-c2c(-n3c4ccc(-c5ccc([N+]#[C-])cc5C#N)cc4c4cc(-c5ccc(C#N)cc5[N+]#[C-])ccc43)cccc2C(F)(F)F)c(C#N)c1. The van der Waals surface area contributed by atoms with Gasteiger partial charge in [0.25, 0.3) is 0 Å². The minimum absolute atomic E-state index is 0.0360. The molecule has 0 N–H and O–H groups in total. The topological polar surface area (TPSA) is 146 Å². The summed E-state index contributed by atoms with van der Waals surface area (Å²) in [6, 6.07) is 60.1. The van der Waals surface area contributed by atoms with Gasteiger partial charge in [-0.25, -0.2) is 19.4 Å². The third-order valence-corrected chi connectivity index (χ3v) is 15.0.